The summed E-state index contributed by atoms with van der Waals surface area (Å²) in [6.07, 6.45) is 0. The first-order valence-electron chi connectivity index (χ1n) is 17.7. The minimum Gasteiger partial charge on any atom is -0.383 e. The van der Waals surface area contributed by atoms with Gasteiger partial charge in [0.2, 0.25) is 0 Å². The summed E-state index contributed by atoms with van der Waals surface area (Å²) in [6, 6.07) is 66.2. The molecule has 0 amide bonds. The van der Waals surface area contributed by atoms with E-state index in [1.807, 2.05) is 54.6 Å². The number of aliphatic imine (C=N–C) groups is 1. The summed E-state index contributed by atoms with van der Waals surface area (Å²) in [4.78, 5) is 4.68. The van der Waals surface area contributed by atoms with Gasteiger partial charge in [0, 0.05) is 12.1 Å². The lowest BCUT2D eigenvalue weighted by Gasteiger charge is -2.17. The summed E-state index contributed by atoms with van der Waals surface area (Å²) < 4.78 is 0. The highest BCUT2D eigenvalue weighted by atomic mass is 14.8. The molecule has 250 valence electrons. The molecule has 0 aliphatic heterocycles. The second kappa shape index (κ2) is 14.7. The normalized spacial score (nSPS) is 11.5. The SMILES string of the molecule is NC(=NCc1ccccc1)c1cccc(-c2ccc3c(c2)c2ccccc2c2cc(-c4ccccc4)c4ccccc4c32)c1.NCc1ccccc1. The number of benzene rings is 9. The van der Waals surface area contributed by atoms with Crippen LogP contribution in [-0.2, 0) is 13.1 Å². The molecule has 9 aromatic rings. The maximum Gasteiger partial charge on any atom is 0.125 e. The quantitative estimate of drug-likeness (QED) is 0.105. The van der Waals surface area contributed by atoms with E-state index in [1.165, 1.54) is 59.8 Å². The van der Waals surface area contributed by atoms with Gasteiger partial charge in [-0.3, -0.25) is 4.99 Å². The Morgan fingerprint density at radius 3 is 1.62 bits per heavy atom. The Balaban J connectivity index is 0.000000430. The van der Waals surface area contributed by atoms with Crippen LogP contribution in [0.5, 0.6) is 0 Å². The zero-order valence-electron chi connectivity index (χ0n) is 28.9. The molecule has 0 fully saturated rings. The van der Waals surface area contributed by atoms with Gasteiger partial charge in [0.1, 0.15) is 5.84 Å². The third kappa shape index (κ3) is 6.54. The Morgan fingerprint density at radius 2 is 0.942 bits per heavy atom. The van der Waals surface area contributed by atoms with Crippen LogP contribution in [0.1, 0.15) is 16.7 Å². The summed E-state index contributed by atoms with van der Waals surface area (Å²) >= 11 is 0. The van der Waals surface area contributed by atoms with E-state index in [-0.39, 0.29) is 0 Å². The summed E-state index contributed by atoms with van der Waals surface area (Å²) in [5.41, 5.74) is 19.9. The van der Waals surface area contributed by atoms with Crippen LogP contribution in [0, 0.1) is 0 Å². The summed E-state index contributed by atoms with van der Waals surface area (Å²) in [6.45, 7) is 1.20. The monoisotopic (exact) mass is 669 g/mol. The smallest absolute Gasteiger partial charge is 0.125 e. The first kappa shape index (κ1) is 32.6. The van der Waals surface area contributed by atoms with Crippen LogP contribution in [0.15, 0.2) is 193 Å². The fraction of sp³-hybridized carbons (Fsp3) is 0.0408. The van der Waals surface area contributed by atoms with Crippen LogP contribution in [0.2, 0.25) is 0 Å². The van der Waals surface area contributed by atoms with Crippen LogP contribution in [0.3, 0.4) is 0 Å². The van der Waals surface area contributed by atoms with E-state index < -0.39 is 0 Å². The van der Waals surface area contributed by atoms with Gasteiger partial charge < -0.3 is 11.5 Å². The van der Waals surface area contributed by atoms with E-state index in [1.54, 1.807) is 0 Å². The van der Waals surface area contributed by atoms with Gasteiger partial charge in [-0.05, 0) is 94.7 Å². The standard InChI is InChI=1S/C42H30N2.C7H9N/c43-42(44-27-28-12-3-1-4-13-28)32-17-11-16-30(24-32)31-22-23-37-39(25-31)33-18-7-8-19-34(33)40-26-38(29-14-5-2-6-15-29)35-20-9-10-21-36(35)41(37)40;8-6-7-4-2-1-3-5-7/h1-26H,27H2,(H2,43,44);1-5H,6,8H2. The van der Waals surface area contributed by atoms with Gasteiger partial charge in [-0.25, -0.2) is 0 Å². The molecule has 52 heavy (non-hydrogen) atoms. The van der Waals surface area contributed by atoms with Crippen molar-refractivity contribution in [2.24, 2.45) is 16.5 Å². The van der Waals surface area contributed by atoms with Crippen molar-refractivity contribution < 1.29 is 0 Å². The van der Waals surface area contributed by atoms with Gasteiger partial charge in [0.05, 0.1) is 6.54 Å². The maximum atomic E-state index is 6.47. The average molecular weight is 670 g/mol. The van der Waals surface area contributed by atoms with Gasteiger partial charge in [0.15, 0.2) is 0 Å². The summed E-state index contributed by atoms with van der Waals surface area (Å²) in [5.74, 6) is 0.550. The highest BCUT2D eigenvalue weighted by Crippen LogP contribution is 2.43. The fourth-order valence-corrected chi connectivity index (χ4v) is 7.18. The lowest BCUT2D eigenvalue weighted by molar-refractivity contribution is 1.06. The molecule has 0 heterocycles. The molecular weight excluding hydrogens is 631 g/mol. The second-order valence-corrected chi connectivity index (χ2v) is 13.0. The molecule has 9 rings (SSSR count). The Morgan fingerprint density at radius 1 is 0.404 bits per heavy atom. The van der Waals surface area contributed by atoms with Gasteiger partial charge in [-0.1, -0.05) is 170 Å². The van der Waals surface area contributed by atoms with E-state index in [9.17, 15) is 0 Å². The predicted molar refractivity (Wildman–Crippen MR) is 223 cm³/mol. The molecule has 4 N–H and O–H groups in total. The maximum absolute atomic E-state index is 6.47. The fourth-order valence-electron chi connectivity index (χ4n) is 7.18. The molecule has 0 unspecified atom stereocenters. The molecule has 0 radical (unpaired) electrons. The van der Waals surface area contributed by atoms with E-state index in [0.29, 0.717) is 18.9 Å². The number of hydrogen-bond donors (Lipinski definition) is 2. The molecule has 0 saturated heterocycles. The van der Waals surface area contributed by atoms with Crippen LogP contribution >= 0.6 is 0 Å². The first-order valence-corrected chi connectivity index (χ1v) is 17.7. The molecule has 0 bridgehead atoms. The number of fused-ring (bicyclic) bond motifs is 8. The molecule has 0 spiro atoms. The molecule has 0 saturated carbocycles. The molecule has 0 aliphatic rings. The Bertz CT molecular complexity index is 2680. The van der Waals surface area contributed by atoms with Crippen molar-refractivity contribution in [3.05, 3.63) is 205 Å². The van der Waals surface area contributed by atoms with Crippen LogP contribution in [-0.4, -0.2) is 5.84 Å². The third-order valence-corrected chi connectivity index (χ3v) is 9.77. The average Bonchev–Trinajstić information content (AvgIpc) is 3.23. The lowest BCUT2D eigenvalue weighted by atomic mass is 9.86. The zero-order chi connectivity index (χ0) is 35.3. The topological polar surface area (TPSA) is 64.4 Å². The lowest BCUT2D eigenvalue weighted by Crippen LogP contribution is -2.13. The highest BCUT2D eigenvalue weighted by molar-refractivity contribution is 6.33. The Hall–Kier alpha value is -6.55. The Labute approximate surface area is 304 Å². The minimum atomic E-state index is 0.550. The van der Waals surface area contributed by atoms with Crippen molar-refractivity contribution in [1.82, 2.24) is 0 Å². The van der Waals surface area contributed by atoms with Crippen molar-refractivity contribution in [2.75, 3.05) is 0 Å². The minimum absolute atomic E-state index is 0.550. The summed E-state index contributed by atoms with van der Waals surface area (Å²) in [7, 11) is 0. The van der Waals surface area contributed by atoms with Crippen molar-refractivity contribution in [3.8, 4) is 22.3 Å². The molecular formula is C49H39N3. The molecule has 9 aromatic carbocycles. The Kier molecular flexibility index (Phi) is 9.25. The van der Waals surface area contributed by atoms with Gasteiger partial charge >= 0.3 is 0 Å². The van der Waals surface area contributed by atoms with Gasteiger partial charge in [-0.2, -0.15) is 0 Å². The van der Waals surface area contributed by atoms with E-state index >= 15 is 0 Å². The zero-order valence-corrected chi connectivity index (χ0v) is 28.9. The van der Waals surface area contributed by atoms with Crippen LogP contribution < -0.4 is 11.5 Å². The largest absolute Gasteiger partial charge is 0.383 e. The number of nitrogens with zero attached hydrogens (tertiary/aromatic N) is 1. The molecule has 3 nitrogen and oxygen atoms in total. The third-order valence-electron chi connectivity index (χ3n) is 9.77. The van der Waals surface area contributed by atoms with Gasteiger partial charge in [-0.15, -0.1) is 0 Å². The summed E-state index contributed by atoms with van der Waals surface area (Å²) in [5, 5.41) is 10.2. The molecule has 0 aromatic heterocycles. The molecule has 0 aliphatic carbocycles. The number of rotatable bonds is 6. The van der Waals surface area contributed by atoms with Crippen molar-refractivity contribution in [2.45, 2.75) is 13.1 Å². The van der Waals surface area contributed by atoms with Crippen molar-refractivity contribution in [3.63, 3.8) is 0 Å². The number of amidine groups is 1. The van der Waals surface area contributed by atoms with E-state index in [2.05, 4.69) is 138 Å². The molecule has 0 atom stereocenters. The first-order chi connectivity index (χ1) is 25.7. The van der Waals surface area contributed by atoms with E-state index in [0.717, 1.165) is 22.3 Å². The molecule has 3 heteroatoms. The number of hydrogen-bond acceptors (Lipinski definition) is 2. The number of nitrogens with two attached hydrogens (primary N) is 2. The van der Waals surface area contributed by atoms with Gasteiger partial charge in [0.25, 0.3) is 0 Å². The van der Waals surface area contributed by atoms with Crippen molar-refractivity contribution in [1.29, 1.82) is 0 Å². The van der Waals surface area contributed by atoms with Crippen LogP contribution in [0.25, 0.3) is 65.3 Å². The highest BCUT2D eigenvalue weighted by Gasteiger charge is 2.16. The predicted octanol–water partition coefficient (Wildman–Crippen LogP) is 11.7. The van der Waals surface area contributed by atoms with Crippen molar-refractivity contribution >= 4 is 48.9 Å². The van der Waals surface area contributed by atoms with E-state index in [4.69, 9.17) is 11.5 Å². The second-order valence-electron chi connectivity index (χ2n) is 13.0. The van der Waals surface area contributed by atoms with Crippen LogP contribution in [0.4, 0.5) is 0 Å².